The molecule has 1 heterocycles. The van der Waals surface area contributed by atoms with Crippen LogP contribution in [0.1, 0.15) is 60.4 Å². The van der Waals surface area contributed by atoms with E-state index >= 15 is 0 Å². The zero-order valence-electron chi connectivity index (χ0n) is 16.8. The summed E-state index contributed by atoms with van der Waals surface area (Å²) in [5.41, 5.74) is 7.36. The SMILES string of the molecule is C=C(CCC)c1ccn(S(=O)(=O)NC(=O)Nc2c3c(cc4c2CCC4)CCC3)c1. The number of nitrogens with one attached hydrogen (secondary N) is 2. The Morgan fingerprint density at radius 1 is 1.14 bits per heavy atom. The summed E-state index contributed by atoms with van der Waals surface area (Å²) < 4.78 is 28.5. The smallest absolute Gasteiger partial charge is 0.307 e. The molecule has 0 spiro atoms. The third kappa shape index (κ3) is 3.83. The van der Waals surface area contributed by atoms with Crippen molar-refractivity contribution in [3.63, 3.8) is 0 Å². The number of benzene rings is 1. The van der Waals surface area contributed by atoms with Crippen LogP contribution in [0.25, 0.3) is 5.57 Å². The molecule has 2 aliphatic rings. The highest BCUT2D eigenvalue weighted by atomic mass is 32.2. The van der Waals surface area contributed by atoms with Gasteiger partial charge in [0, 0.05) is 18.1 Å². The molecule has 29 heavy (non-hydrogen) atoms. The predicted molar refractivity (Wildman–Crippen MR) is 115 cm³/mol. The first-order valence-electron chi connectivity index (χ1n) is 10.3. The Hall–Kier alpha value is -2.54. The minimum Gasteiger partial charge on any atom is -0.307 e. The van der Waals surface area contributed by atoms with E-state index in [0.29, 0.717) is 0 Å². The molecule has 4 rings (SSSR count). The van der Waals surface area contributed by atoms with Crippen LogP contribution in [0.3, 0.4) is 0 Å². The monoisotopic (exact) mass is 413 g/mol. The second-order valence-electron chi connectivity index (χ2n) is 7.88. The Bertz CT molecular complexity index is 1050. The van der Waals surface area contributed by atoms with Crippen molar-refractivity contribution < 1.29 is 13.2 Å². The first-order chi connectivity index (χ1) is 13.9. The molecule has 2 aromatic rings. The Morgan fingerprint density at radius 2 is 1.79 bits per heavy atom. The van der Waals surface area contributed by atoms with E-state index in [1.807, 2.05) is 6.92 Å². The fourth-order valence-corrected chi connectivity index (χ4v) is 5.32. The van der Waals surface area contributed by atoms with E-state index in [-0.39, 0.29) is 0 Å². The van der Waals surface area contributed by atoms with Crippen LogP contribution < -0.4 is 10.0 Å². The first kappa shape index (κ1) is 19.8. The van der Waals surface area contributed by atoms with Crippen molar-refractivity contribution in [1.29, 1.82) is 0 Å². The number of aryl methyl sites for hydroxylation is 2. The summed E-state index contributed by atoms with van der Waals surface area (Å²) in [6.45, 7) is 6.03. The van der Waals surface area contributed by atoms with Gasteiger partial charge in [-0.1, -0.05) is 26.0 Å². The molecule has 1 aromatic heterocycles. The molecule has 1 aromatic carbocycles. The Morgan fingerprint density at radius 3 is 2.41 bits per heavy atom. The minimum atomic E-state index is -4.02. The fourth-order valence-electron chi connectivity index (χ4n) is 4.46. The Kier molecular flexibility index (Phi) is 5.25. The fraction of sp³-hybridized carbons (Fsp3) is 0.409. The van der Waals surface area contributed by atoms with Crippen molar-refractivity contribution in [3.05, 3.63) is 58.9 Å². The molecule has 0 fully saturated rings. The number of fused-ring (bicyclic) bond motifs is 2. The number of urea groups is 1. The average molecular weight is 414 g/mol. The molecule has 0 saturated heterocycles. The lowest BCUT2D eigenvalue weighted by atomic mass is 9.99. The summed E-state index contributed by atoms with van der Waals surface area (Å²) in [5, 5.41) is 2.86. The van der Waals surface area contributed by atoms with Gasteiger partial charge < -0.3 is 5.32 Å². The largest absolute Gasteiger partial charge is 0.334 e. The van der Waals surface area contributed by atoms with Crippen molar-refractivity contribution in [2.24, 2.45) is 0 Å². The molecule has 0 unspecified atom stereocenters. The molecule has 154 valence electrons. The van der Waals surface area contributed by atoms with Gasteiger partial charge in [0.1, 0.15) is 0 Å². The van der Waals surface area contributed by atoms with Gasteiger partial charge in [-0.3, -0.25) is 0 Å². The van der Waals surface area contributed by atoms with Crippen molar-refractivity contribution >= 4 is 27.5 Å². The molecule has 0 saturated carbocycles. The van der Waals surface area contributed by atoms with Crippen LogP contribution in [-0.2, 0) is 35.9 Å². The van der Waals surface area contributed by atoms with Crippen LogP contribution >= 0.6 is 0 Å². The van der Waals surface area contributed by atoms with Gasteiger partial charge in [0.05, 0.1) is 0 Å². The quantitative estimate of drug-likeness (QED) is 0.745. The summed E-state index contributed by atoms with van der Waals surface area (Å²) in [4.78, 5) is 12.6. The number of rotatable bonds is 6. The number of allylic oxidation sites excluding steroid dienone is 1. The lowest BCUT2D eigenvalue weighted by molar-refractivity contribution is 0.256. The van der Waals surface area contributed by atoms with Crippen LogP contribution in [0, 0.1) is 0 Å². The van der Waals surface area contributed by atoms with E-state index in [0.717, 1.165) is 83.3 Å². The van der Waals surface area contributed by atoms with E-state index in [1.54, 1.807) is 6.07 Å². The number of nitrogens with zero attached hydrogens (tertiary/aromatic N) is 1. The van der Waals surface area contributed by atoms with E-state index in [2.05, 4.69) is 22.7 Å². The van der Waals surface area contributed by atoms with Crippen LogP contribution in [0.4, 0.5) is 10.5 Å². The van der Waals surface area contributed by atoms with E-state index in [4.69, 9.17) is 0 Å². The van der Waals surface area contributed by atoms with Crippen LogP contribution in [0.2, 0.25) is 0 Å². The highest BCUT2D eigenvalue weighted by Crippen LogP contribution is 2.38. The number of carbonyl (C=O) groups excluding carboxylic acids is 1. The van der Waals surface area contributed by atoms with Gasteiger partial charge in [0.2, 0.25) is 0 Å². The molecule has 2 N–H and O–H groups in total. The number of aromatic nitrogens is 1. The topological polar surface area (TPSA) is 80.2 Å². The molecule has 6 nitrogen and oxygen atoms in total. The highest BCUT2D eigenvalue weighted by molar-refractivity contribution is 7.88. The molecule has 7 heteroatoms. The number of carbonyl (C=O) groups is 1. The summed E-state index contributed by atoms with van der Waals surface area (Å²) >= 11 is 0. The maximum Gasteiger partial charge on any atom is 0.334 e. The summed E-state index contributed by atoms with van der Waals surface area (Å²) in [6, 6.07) is 3.25. The molecule has 2 amide bonds. The van der Waals surface area contributed by atoms with Crippen LogP contribution in [-0.4, -0.2) is 18.4 Å². The summed E-state index contributed by atoms with van der Waals surface area (Å²) in [7, 11) is -4.02. The molecular weight excluding hydrogens is 386 g/mol. The molecule has 0 radical (unpaired) electrons. The average Bonchev–Trinajstić information content (AvgIpc) is 3.41. The van der Waals surface area contributed by atoms with Gasteiger partial charge in [-0.15, -0.1) is 0 Å². The van der Waals surface area contributed by atoms with Gasteiger partial charge >= 0.3 is 16.2 Å². The molecule has 0 bridgehead atoms. The van der Waals surface area contributed by atoms with Crippen molar-refractivity contribution in [2.75, 3.05) is 5.32 Å². The van der Waals surface area contributed by atoms with Gasteiger partial charge in [-0.05, 0) is 84.4 Å². The third-order valence-electron chi connectivity index (χ3n) is 5.84. The maximum atomic E-state index is 12.7. The van der Waals surface area contributed by atoms with E-state index < -0.39 is 16.2 Å². The molecule has 2 aliphatic carbocycles. The normalized spacial score (nSPS) is 15.1. The van der Waals surface area contributed by atoms with E-state index in [1.165, 1.54) is 23.5 Å². The molecular formula is C22H27N3O3S. The summed E-state index contributed by atoms with van der Waals surface area (Å²) in [6.07, 6.45) is 10.7. The zero-order chi connectivity index (χ0) is 20.6. The van der Waals surface area contributed by atoms with E-state index in [9.17, 15) is 13.2 Å². The highest BCUT2D eigenvalue weighted by Gasteiger charge is 2.26. The second-order valence-corrected chi connectivity index (χ2v) is 9.45. The molecule has 0 atom stereocenters. The second kappa shape index (κ2) is 7.71. The van der Waals surface area contributed by atoms with Gasteiger partial charge in [-0.2, -0.15) is 8.42 Å². The minimum absolute atomic E-state index is 0.720. The lowest BCUT2D eigenvalue weighted by Crippen LogP contribution is -2.38. The lowest BCUT2D eigenvalue weighted by Gasteiger charge is -2.16. The van der Waals surface area contributed by atoms with Gasteiger partial charge in [0.25, 0.3) is 0 Å². The van der Waals surface area contributed by atoms with Gasteiger partial charge in [0.15, 0.2) is 0 Å². The summed E-state index contributed by atoms with van der Waals surface area (Å²) in [5.74, 6) is 0. The van der Waals surface area contributed by atoms with Crippen LogP contribution in [0.5, 0.6) is 0 Å². The zero-order valence-corrected chi connectivity index (χ0v) is 17.6. The number of anilines is 1. The molecule has 0 aliphatic heterocycles. The standard InChI is InChI=1S/C22H27N3O3S/c1-3-6-15(2)18-11-12-25(14-18)29(27,28)24-22(26)23-21-19-9-4-7-16(19)13-17-8-5-10-20(17)21/h11-14H,2-10H2,1H3,(H2,23,24,26). The Labute approximate surface area is 172 Å². The van der Waals surface area contributed by atoms with Crippen molar-refractivity contribution in [1.82, 2.24) is 8.69 Å². The number of amides is 2. The van der Waals surface area contributed by atoms with Gasteiger partial charge in [-0.25, -0.2) is 13.5 Å². The maximum absolute atomic E-state index is 12.7. The number of hydrogen-bond donors (Lipinski definition) is 2. The third-order valence-corrected chi connectivity index (χ3v) is 7.06. The van der Waals surface area contributed by atoms with Crippen molar-refractivity contribution in [2.45, 2.75) is 58.3 Å². The predicted octanol–water partition coefficient (Wildman–Crippen LogP) is 4.19. The first-order valence-corrected chi connectivity index (χ1v) is 11.7. The Balaban J connectivity index is 1.53. The van der Waals surface area contributed by atoms with Crippen molar-refractivity contribution in [3.8, 4) is 0 Å². The van der Waals surface area contributed by atoms with Crippen LogP contribution in [0.15, 0.2) is 31.1 Å². The number of hydrogen-bond acceptors (Lipinski definition) is 3.